The fourth-order valence-corrected chi connectivity index (χ4v) is 4.17. The fraction of sp³-hybridized carbons (Fsp3) is 0.538. The van der Waals surface area contributed by atoms with Crippen LogP contribution in [0, 0.1) is 23.7 Å². The molecule has 2 atom stereocenters. The topological polar surface area (TPSA) is 12.0 Å². The van der Waals surface area contributed by atoms with E-state index in [0.29, 0.717) is 23.7 Å². The van der Waals surface area contributed by atoms with Crippen LogP contribution in [0.25, 0.3) is 10.8 Å². The van der Waals surface area contributed by atoms with Crippen molar-refractivity contribution in [2.24, 2.45) is 23.7 Å². The van der Waals surface area contributed by atoms with E-state index in [9.17, 15) is 0 Å². The van der Waals surface area contributed by atoms with Crippen LogP contribution in [0.1, 0.15) is 61.0 Å². The van der Waals surface area contributed by atoms with Gasteiger partial charge in [-0.1, -0.05) is 96.5 Å². The van der Waals surface area contributed by atoms with E-state index in [4.69, 9.17) is 0 Å². The molecule has 0 aliphatic heterocycles. The number of hydrogen-bond donors (Lipinski definition) is 1. The summed E-state index contributed by atoms with van der Waals surface area (Å²) in [4.78, 5) is 0. The van der Waals surface area contributed by atoms with E-state index >= 15 is 0 Å². The highest BCUT2D eigenvalue weighted by Crippen LogP contribution is 2.45. The molecule has 0 heterocycles. The maximum absolute atomic E-state index is 3.52. The van der Waals surface area contributed by atoms with Crippen molar-refractivity contribution in [3.8, 4) is 0 Å². The quantitative estimate of drug-likeness (QED) is 0.496. The lowest BCUT2D eigenvalue weighted by atomic mass is 9.64. The Balaban J connectivity index is 2.68. The van der Waals surface area contributed by atoms with Crippen molar-refractivity contribution in [3.63, 3.8) is 0 Å². The van der Waals surface area contributed by atoms with Gasteiger partial charge in [0.1, 0.15) is 0 Å². The summed E-state index contributed by atoms with van der Waals surface area (Å²) in [6.45, 7) is 18.9. The van der Waals surface area contributed by atoms with E-state index in [-0.39, 0.29) is 5.41 Å². The van der Waals surface area contributed by atoms with Gasteiger partial charge in [-0.25, -0.2) is 0 Å². The number of hydrogen-bond acceptors (Lipinski definition) is 1. The summed E-state index contributed by atoms with van der Waals surface area (Å²) in [6, 6.07) is 13.3. The number of anilines is 1. The van der Waals surface area contributed by atoms with Crippen LogP contribution in [0.4, 0.5) is 5.69 Å². The molecule has 0 aliphatic carbocycles. The van der Waals surface area contributed by atoms with Crippen molar-refractivity contribution in [2.75, 3.05) is 12.4 Å². The summed E-state index contributed by atoms with van der Waals surface area (Å²) >= 11 is 0. The largest absolute Gasteiger partial charge is 0.387 e. The van der Waals surface area contributed by atoms with Gasteiger partial charge in [0.05, 0.1) is 0 Å². The minimum atomic E-state index is 0.0300. The Morgan fingerprint density at radius 1 is 0.963 bits per heavy atom. The van der Waals surface area contributed by atoms with E-state index in [2.05, 4.69) is 110 Å². The van der Waals surface area contributed by atoms with Crippen molar-refractivity contribution < 1.29 is 0 Å². The fourth-order valence-electron chi connectivity index (χ4n) is 4.17. The lowest BCUT2D eigenvalue weighted by molar-refractivity contribution is 0.228. The normalized spacial score (nSPS) is 15.4. The van der Waals surface area contributed by atoms with Crippen LogP contribution in [0.3, 0.4) is 0 Å². The third-order valence-corrected chi connectivity index (χ3v) is 6.68. The Kier molecular flexibility index (Phi) is 6.78. The number of nitrogens with one attached hydrogen (secondary N) is 1. The summed E-state index contributed by atoms with van der Waals surface area (Å²) in [6.07, 6.45) is 2.56. The molecule has 1 heteroatoms. The predicted octanol–water partition coefficient (Wildman–Crippen LogP) is 7.67. The first kappa shape index (κ1) is 21.5. The highest BCUT2D eigenvalue weighted by Gasteiger charge is 2.36. The summed E-state index contributed by atoms with van der Waals surface area (Å²) in [5, 5.41) is 6.13. The molecule has 0 amide bonds. The number of rotatable bonds is 7. The molecule has 0 saturated heterocycles. The molecule has 0 aromatic heterocycles. The molecule has 27 heavy (non-hydrogen) atoms. The second kappa shape index (κ2) is 8.50. The van der Waals surface area contributed by atoms with Crippen LogP contribution in [0.15, 0.2) is 48.0 Å². The highest BCUT2D eigenvalue weighted by molar-refractivity contribution is 5.96. The average molecular weight is 366 g/mol. The van der Waals surface area contributed by atoms with Gasteiger partial charge in [-0.05, 0) is 47.0 Å². The Bertz CT molecular complexity index is 795. The standard InChI is InChI=1S/C26H39N/c1-17(2)19(5)16-24(20(6)18(3)4)26(7,8)23-15-14-21-12-10-11-13-22(21)25(23)27-9/h10-18,20,24,27H,1-9H3/b19-16+/t20-,24-/m0/s1. The average Bonchev–Trinajstić information content (AvgIpc) is 2.63. The Hall–Kier alpha value is -1.76. The Morgan fingerprint density at radius 3 is 2.15 bits per heavy atom. The molecular weight excluding hydrogens is 326 g/mol. The van der Waals surface area contributed by atoms with Gasteiger partial charge >= 0.3 is 0 Å². The molecule has 0 radical (unpaired) electrons. The molecule has 0 aliphatic rings. The zero-order chi connectivity index (χ0) is 20.4. The van der Waals surface area contributed by atoms with Crippen LogP contribution >= 0.6 is 0 Å². The maximum Gasteiger partial charge on any atom is 0.0455 e. The van der Waals surface area contributed by atoms with Gasteiger partial charge < -0.3 is 5.32 Å². The summed E-state index contributed by atoms with van der Waals surface area (Å²) in [5.41, 5.74) is 4.21. The van der Waals surface area contributed by atoms with Gasteiger partial charge in [0.15, 0.2) is 0 Å². The van der Waals surface area contributed by atoms with Crippen molar-refractivity contribution in [1.82, 2.24) is 0 Å². The van der Waals surface area contributed by atoms with Crippen LogP contribution < -0.4 is 5.32 Å². The first-order valence-electron chi connectivity index (χ1n) is 10.5. The van der Waals surface area contributed by atoms with E-state index in [1.54, 1.807) is 0 Å². The summed E-state index contributed by atoms with van der Waals surface area (Å²) in [7, 11) is 2.05. The lowest BCUT2D eigenvalue weighted by Crippen LogP contribution is -2.35. The van der Waals surface area contributed by atoms with Gasteiger partial charge in [-0.2, -0.15) is 0 Å². The molecule has 0 spiro atoms. The van der Waals surface area contributed by atoms with Gasteiger partial charge in [0.25, 0.3) is 0 Å². The smallest absolute Gasteiger partial charge is 0.0455 e. The van der Waals surface area contributed by atoms with Gasteiger partial charge in [-0.3, -0.25) is 0 Å². The van der Waals surface area contributed by atoms with Crippen LogP contribution in [-0.4, -0.2) is 7.05 Å². The van der Waals surface area contributed by atoms with Crippen LogP contribution in [0.5, 0.6) is 0 Å². The van der Waals surface area contributed by atoms with Crippen LogP contribution in [0.2, 0.25) is 0 Å². The first-order chi connectivity index (χ1) is 12.6. The van der Waals surface area contributed by atoms with E-state index in [1.165, 1.54) is 27.6 Å². The molecule has 1 N–H and O–H groups in total. The van der Waals surface area contributed by atoms with Crippen LogP contribution in [-0.2, 0) is 5.41 Å². The third kappa shape index (κ3) is 4.39. The Morgan fingerprint density at radius 2 is 1.59 bits per heavy atom. The van der Waals surface area contributed by atoms with Crippen molar-refractivity contribution in [2.45, 2.75) is 60.8 Å². The second-order valence-corrected chi connectivity index (χ2v) is 9.38. The number of benzene rings is 2. The zero-order valence-electron chi connectivity index (χ0n) is 18.9. The molecule has 1 nitrogen and oxygen atoms in total. The second-order valence-electron chi connectivity index (χ2n) is 9.38. The highest BCUT2D eigenvalue weighted by atomic mass is 14.8. The van der Waals surface area contributed by atoms with Crippen molar-refractivity contribution in [1.29, 1.82) is 0 Å². The minimum absolute atomic E-state index is 0.0300. The van der Waals surface area contributed by atoms with Gasteiger partial charge in [0, 0.05) is 18.1 Å². The molecule has 2 aromatic carbocycles. The summed E-state index contributed by atoms with van der Waals surface area (Å²) < 4.78 is 0. The minimum Gasteiger partial charge on any atom is -0.387 e. The van der Waals surface area contributed by atoms with Crippen molar-refractivity contribution >= 4 is 16.5 Å². The molecular formula is C26H39N. The SMILES string of the molecule is CNc1c(C(C)(C)[C@@H](/C=C(\C)C(C)C)[C@@H](C)C(C)C)ccc2ccccc12. The van der Waals surface area contributed by atoms with E-state index < -0.39 is 0 Å². The maximum atomic E-state index is 3.52. The van der Waals surface area contributed by atoms with E-state index in [1.807, 2.05) is 0 Å². The Labute approximate surface area is 167 Å². The number of fused-ring (bicyclic) bond motifs is 1. The molecule has 0 unspecified atom stereocenters. The van der Waals surface area contributed by atoms with Gasteiger partial charge in [-0.15, -0.1) is 0 Å². The molecule has 0 saturated carbocycles. The van der Waals surface area contributed by atoms with Crippen molar-refractivity contribution in [3.05, 3.63) is 53.6 Å². The monoisotopic (exact) mass is 365 g/mol. The first-order valence-corrected chi connectivity index (χ1v) is 10.5. The molecule has 0 fully saturated rings. The molecule has 2 rings (SSSR count). The lowest BCUT2D eigenvalue weighted by Gasteiger charge is -2.40. The molecule has 2 aromatic rings. The van der Waals surface area contributed by atoms with E-state index in [0.717, 1.165) is 0 Å². The zero-order valence-corrected chi connectivity index (χ0v) is 18.9. The number of allylic oxidation sites excluding steroid dienone is 2. The third-order valence-electron chi connectivity index (χ3n) is 6.68. The molecule has 148 valence electrons. The summed E-state index contributed by atoms with van der Waals surface area (Å²) in [5.74, 6) is 2.31. The molecule has 0 bridgehead atoms. The van der Waals surface area contributed by atoms with Gasteiger partial charge in [0.2, 0.25) is 0 Å². The predicted molar refractivity (Wildman–Crippen MR) is 123 cm³/mol.